The van der Waals surface area contributed by atoms with Crippen molar-refractivity contribution in [3.8, 4) is 0 Å². The van der Waals surface area contributed by atoms with Crippen LogP contribution in [0.4, 0.5) is 0 Å². The maximum atomic E-state index is 12.4. The van der Waals surface area contributed by atoms with E-state index in [9.17, 15) is 13.2 Å². The maximum absolute atomic E-state index is 12.4. The van der Waals surface area contributed by atoms with Crippen LogP contribution in [0.25, 0.3) is 0 Å². The third kappa shape index (κ3) is 5.30. The number of carbonyl (C=O) groups is 1. The van der Waals surface area contributed by atoms with Gasteiger partial charge in [0.2, 0.25) is 10.0 Å². The molecule has 1 N–H and O–H groups in total. The lowest BCUT2D eigenvalue weighted by molar-refractivity contribution is 0.0957. The van der Waals surface area contributed by atoms with Crippen LogP contribution in [-0.4, -0.2) is 44.5 Å². The van der Waals surface area contributed by atoms with Gasteiger partial charge in [-0.05, 0) is 55.6 Å². The van der Waals surface area contributed by atoms with E-state index < -0.39 is 10.0 Å². The van der Waals surface area contributed by atoms with Crippen LogP contribution in [0.5, 0.6) is 0 Å². The second kappa shape index (κ2) is 8.40. The first-order chi connectivity index (χ1) is 12.0. The number of fused-ring (bicyclic) bond motifs is 1. The Labute approximate surface area is 162 Å². The van der Waals surface area contributed by atoms with Crippen LogP contribution in [0.15, 0.2) is 6.07 Å². The molecule has 1 aliphatic rings. The zero-order valence-electron chi connectivity index (χ0n) is 16.6. The molecule has 0 saturated heterocycles. The van der Waals surface area contributed by atoms with Crippen molar-refractivity contribution in [2.45, 2.75) is 53.4 Å². The molecule has 0 spiro atoms. The van der Waals surface area contributed by atoms with E-state index >= 15 is 0 Å². The fourth-order valence-electron chi connectivity index (χ4n) is 3.32. The molecule has 1 aromatic heterocycles. The Kier molecular flexibility index (Phi) is 6.91. The number of hydrogen-bond acceptors (Lipinski definition) is 4. The van der Waals surface area contributed by atoms with E-state index in [-0.39, 0.29) is 11.7 Å². The molecular formula is C19H32N2O3S2. The predicted octanol–water partition coefficient (Wildman–Crippen LogP) is 3.30. The number of nitrogens with one attached hydrogen (secondary N) is 1. The highest BCUT2D eigenvalue weighted by atomic mass is 32.2. The van der Waals surface area contributed by atoms with E-state index in [1.54, 1.807) is 25.3 Å². The van der Waals surface area contributed by atoms with Crippen molar-refractivity contribution in [3.05, 3.63) is 21.4 Å². The summed E-state index contributed by atoms with van der Waals surface area (Å²) in [5, 5.41) is 2.92. The summed E-state index contributed by atoms with van der Waals surface area (Å²) in [5.41, 5.74) is 1.63. The van der Waals surface area contributed by atoms with Crippen molar-refractivity contribution in [2.24, 2.45) is 11.3 Å². The third-order valence-corrected chi connectivity index (χ3v) is 8.40. The number of thiophene rings is 1. The van der Waals surface area contributed by atoms with Crippen molar-refractivity contribution < 1.29 is 13.2 Å². The molecule has 0 aromatic carbocycles. The second-order valence-corrected chi connectivity index (χ2v) is 11.7. The molecular weight excluding hydrogens is 368 g/mol. The molecule has 0 aliphatic heterocycles. The molecule has 1 amide bonds. The molecule has 2 rings (SSSR count). The minimum absolute atomic E-state index is 0.0438. The molecule has 1 heterocycles. The van der Waals surface area contributed by atoms with Crippen molar-refractivity contribution in [1.82, 2.24) is 9.62 Å². The minimum atomic E-state index is -3.15. The van der Waals surface area contributed by atoms with Gasteiger partial charge in [-0.3, -0.25) is 4.79 Å². The van der Waals surface area contributed by atoms with Crippen molar-refractivity contribution in [3.63, 3.8) is 0 Å². The summed E-state index contributed by atoms with van der Waals surface area (Å²) in [6, 6.07) is 2.06. The van der Waals surface area contributed by atoms with Crippen molar-refractivity contribution >= 4 is 27.3 Å². The molecule has 26 heavy (non-hydrogen) atoms. The average Bonchev–Trinajstić information content (AvgIpc) is 3.00. The molecule has 1 aliphatic carbocycles. The third-order valence-electron chi connectivity index (χ3n) is 5.31. The second-order valence-electron chi connectivity index (χ2n) is 8.20. The van der Waals surface area contributed by atoms with Gasteiger partial charge in [-0.2, -0.15) is 0 Å². The van der Waals surface area contributed by atoms with Gasteiger partial charge in [0.1, 0.15) is 0 Å². The van der Waals surface area contributed by atoms with Gasteiger partial charge in [-0.25, -0.2) is 12.7 Å². The van der Waals surface area contributed by atoms with Crippen LogP contribution in [0.1, 0.15) is 60.6 Å². The molecule has 0 unspecified atom stereocenters. The molecule has 0 fully saturated rings. The lowest BCUT2D eigenvalue weighted by atomic mass is 9.72. The fraction of sp³-hybridized carbons (Fsp3) is 0.737. The lowest BCUT2D eigenvalue weighted by Crippen LogP contribution is -2.32. The van der Waals surface area contributed by atoms with Crippen LogP contribution in [-0.2, 0) is 22.9 Å². The summed E-state index contributed by atoms with van der Waals surface area (Å²) in [6.07, 6.45) is 3.92. The van der Waals surface area contributed by atoms with Gasteiger partial charge in [-0.15, -0.1) is 11.3 Å². The minimum Gasteiger partial charge on any atom is -0.351 e. The number of rotatable bonds is 7. The van der Waals surface area contributed by atoms with Crippen LogP contribution in [0.3, 0.4) is 0 Å². The van der Waals surface area contributed by atoms with Gasteiger partial charge in [0, 0.05) is 25.0 Å². The summed E-state index contributed by atoms with van der Waals surface area (Å²) in [5.74, 6) is 0.723. The first-order valence-electron chi connectivity index (χ1n) is 9.38. The van der Waals surface area contributed by atoms with Gasteiger partial charge >= 0.3 is 0 Å². The summed E-state index contributed by atoms with van der Waals surface area (Å²) in [4.78, 5) is 14.5. The van der Waals surface area contributed by atoms with Gasteiger partial charge in [-0.1, -0.05) is 20.8 Å². The summed E-state index contributed by atoms with van der Waals surface area (Å²) >= 11 is 1.61. The van der Waals surface area contributed by atoms with E-state index in [4.69, 9.17) is 0 Å². The van der Waals surface area contributed by atoms with Gasteiger partial charge < -0.3 is 5.32 Å². The molecule has 0 radical (unpaired) electrons. The number of hydrogen-bond donors (Lipinski definition) is 1. The van der Waals surface area contributed by atoms with Crippen LogP contribution in [0.2, 0.25) is 0 Å². The highest BCUT2D eigenvalue weighted by Crippen LogP contribution is 2.40. The topological polar surface area (TPSA) is 66.5 Å². The monoisotopic (exact) mass is 400 g/mol. The van der Waals surface area contributed by atoms with Crippen molar-refractivity contribution in [2.75, 3.05) is 25.9 Å². The van der Waals surface area contributed by atoms with E-state index in [1.807, 2.05) is 0 Å². The zero-order chi connectivity index (χ0) is 19.5. The number of sulfonamides is 1. The van der Waals surface area contributed by atoms with Crippen molar-refractivity contribution in [1.29, 1.82) is 0 Å². The number of carbonyl (C=O) groups excluding carboxylic acids is 1. The lowest BCUT2D eigenvalue weighted by Gasteiger charge is -2.33. The molecule has 1 aromatic rings. The summed E-state index contributed by atoms with van der Waals surface area (Å²) in [6.45, 7) is 9.41. The van der Waals surface area contributed by atoms with E-state index in [0.717, 1.165) is 17.7 Å². The van der Waals surface area contributed by atoms with Gasteiger partial charge in [0.25, 0.3) is 5.91 Å². The molecule has 0 bridgehead atoms. The molecule has 7 heteroatoms. The average molecular weight is 401 g/mol. The largest absolute Gasteiger partial charge is 0.351 e. The Balaban J connectivity index is 1.85. The highest BCUT2D eigenvalue weighted by molar-refractivity contribution is 7.89. The Hall–Kier alpha value is -0.920. The number of amides is 1. The smallest absolute Gasteiger partial charge is 0.261 e. The molecule has 1 atom stereocenters. The first-order valence-corrected chi connectivity index (χ1v) is 11.8. The summed E-state index contributed by atoms with van der Waals surface area (Å²) in [7, 11) is -1.56. The Morgan fingerprint density at radius 3 is 2.69 bits per heavy atom. The van der Waals surface area contributed by atoms with E-state index in [2.05, 4.69) is 32.2 Å². The fourth-order valence-corrected chi connectivity index (χ4v) is 5.30. The zero-order valence-corrected chi connectivity index (χ0v) is 18.2. The molecule has 0 saturated carbocycles. The summed E-state index contributed by atoms with van der Waals surface area (Å²) < 4.78 is 24.8. The Morgan fingerprint density at radius 2 is 2.08 bits per heavy atom. The van der Waals surface area contributed by atoms with Crippen LogP contribution >= 0.6 is 11.3 Å². The highest BCUT2D eigenvalue weighted by Gasteiger charge is 2.30. The molecule has 5 nitrogen and oxygen atoms in total. The quantitative estimate of drug-likeness (QED) is 0.714. The first kappa shape index (κ1) is 21.4. The Morgan fingerprint density at radius 1 is 1.38 bits per heavy atom. The van der Waals surface area contributed by atoms with Crippen LogP contribution in [0, 0.1) is 11.3 Å². The standard InChI is InChI=1S/C19H32N2O3S2/c1-6-26(23,24)21(5)11-7-10-20-18(22)17-13-14-12-15(19(2,3)4)8-9-16(14)25-17/h13,15H,6-12H2,1-5H3,(H,20,22)/t15-/m1/s1. The van der Waals surface area contributed by atoms with E-state index in [1.165, 1.54) is 21.2 Å². The van der Waals surface area contributed by atoms with E-state index in [0.29, 0.717) is 30.8 Å². The normalized spacial score (nSPS) is 18.0. The number of aryl methyl sites for hydroxylation is 1. The molecule has 148 valence electrons. The van der Waals surface area contributed by atoms with Gasteiger partial charge in [0.05, 0.1) is 10.6 Å². The predicted molar refractivity (Wildman–Crippen MR) is 108 cm³/mol. The SMILES string of the molecule is CCS(=O)(=O)N(C)CCCNC(=O)c1cc2c(s1)CC[C@@H](C(C)(C)C)C2. The Bertz CT molecular complexity index is 732. The van der Waals surface area contributed by atoms with Crippen LogP contribution < -0.4 is 5.32 Å². The van der Waals surface area contributed by atoms with Gasteiger partial charge in [0.15, 0.2) is 0 Å². The number of nitrogens with zero attached hydrogens (tertiary/aromatic N) is 1. The maximum Gasteiger partial charge on any atom is 0.261 e.